The van der Waals surface area contributed by atoms with Crippen LogP contribution in [-0.4, -0.2) is 48.6 Å². The Labute approximate surface area is 114 Å². The number of likely N-dealkylation sites (tertiary alicyclic amines) is 1. The zero-order chi connectivity index (χ0) is 13.9. The highest BCUT2D eigenvalue weighted by atomic mass is 16.5. The summed E-state index contributed by atoms with van der Waals surface area (Å²) in [5, 5.41) is 3.29. The van der Waals surface area contributed by atoms with E-state index in [0.29, 0.717) is 13.2 Å². The summed E-state index contributed by atoms with van der Waals surface area (Å²) in [7, 11) is 0. The number of hydrogen-bond acceptors (Lipinski definition) is 4. The second-order valence-corrected chi connectivity index (χ2v) is 5.70. The van der Waals surface area contributed by atoms with Crippen molar-refractivity contribution in [2.45, 2.75) is 45.1 Å². The molecule has 0 spiro atoms. The van der Waals surface area contributed by atoms with Crippen molar-refractivity contribution in [3.05, 3.63) is 0 Å². The molecule has 1 N–H and O–H groups in total. The molecule has 2 unspecified atom stereocenters. The standard InChI is InChI=1S/C14H24N2O3/c1-3-19-12(17)11-6-4-9-16(10-11)13(18)14(2)7-5-8-15-14/h11,15H,3-10H2,1-2H3. The molecule has 2 heterocycles. The number of esters is 1. The minimum absolute atomic E-state index is 0.138. The largest absolute Gasteiger partial charge is 0.466 e. The molecule has 19 heavy (non-hydrogen) atoms. The van der Waals surface area contributed by atoms with Crippen LogP contribution in [0.4, 0.5) is 0 Å². The zero-order valence-electron chi connectivity index (χ0n) is 11.9. The summed E-state index contributed by atoms with van der Waals surface area (Å²) in [4.78, 5) is 26.2. The van der Waals surface area contributed by atoms with E-state index in [9.17, 15) is 9.59 Å². The molecule has 2 saturated heterocycles. The van der Waals surface area contributed by atoms with Gasteiger partial charge in [-0.3, -0.25) is 9.59 Å². The third kappa shape index (κ3) is 3.08. The molecule has 1 amide bonds. The minimum Gasteiger partial charge on any atom is -0.466 e. The first kappa shape index (κ1) is 14.3. The predicted octanol–water partition coefficient (Wildman–Crippen LogP) is 0.930. The van der Waals surface area contributed by atoms with Crippen LogP contribution in [0.2, 0.25) is 0 Å². The van der Waals surface area contributed by atoms with Crippen molar-refractivity contribution in [2.75, 3.05) is 26.2 Å². The van der Waals surface area contributed by atoms with E-state index >= 15 is 0 Å². The van der Waals surface area contributed by atoms with Crippen molar-refractivity contribution < 1.29 is 14.3 Å². The van der Waals surface area contributed by atoms with Gasteiger partial charge in [-0.05, 0) is 46.1 Å². The van der Waals surface area contributed by atoms with E-state index in [1.54, 1.807) is 0 Å². The van der Waals surface area contributed by atoms with E-state index in [1.165, 1.54) is 0 Å². The smallest absolute Gasteiger partial charge is 0.310 e. The second-order valence-electron chi connectivity index (χ2n) is 5.70. The Morgan fingerprint density at radius 2 is 2.21 bits per heavy atom. The number of nitrogens with zero attached hydrogens (tertiary/aromatic N) is 1. The van der Waals surface area contributed by atoms with Gasteiger partial charge in [0.1, 0.15) is 0 Å². The van der Waals surface area contributed by atoms with Gasteiger partial charge in [-0.25, -0.2) is 0 Å². The van der Waals surface area contributed by atoms with Gasteiger partial charge in [-0.2, -0.15) is 0 Å². The first-order valence-electron chi connectivity index (χ1n) is 7.28. The molecule has 0 aliphatic carbocycles. The normalized spacial score (nSPS) is 31.3. The maximum Gasteiger partial charge on any atom is 0.310 e. The van der Waals surface area contributed by atoms with Crippen molar-refractivity contribution >= 4 is 11.9 Å². The van der Waals surface area contributed by atoms with E-state index in [4.69, 9.17) is 4.74 Å². The molecule has 2 atom stereocenters. The van der Waals surface area contributed by atoms with Crippen molar-refractivity contribution in [1.82, 2.24) is 10.2 Å². The van der Waals surface area contributed by atoms with Crippen LogP contribution in [0.5, 0.6) is 0 Å². The summed E-state index contributed by atoms with van der Waals surface area (Å²) in [6.07, 6.45) is 3.63. The van der Waals surface area contributed by atoms with Gasteiger partial charge in [0.2, 0.25) is 5.91 Å². The lowest BCUT2D eigenvalue weighted by Gasteiger charge is -2.36. The third-order valence-corrected chi connectivity index (χ3v) is 4.17. The second kappa shape index (κ2) is 5.90. The van der Waals surface area contributed by atoms with Crippen LogP contribution >= 0.6 is 0 Å². The molecular formula is C14H24N2O3. The summed E-state index contributed by atoms with van der Waals surface area (Å²) < 4.78 is 5.07. The maximum atomic E-state index is 12.6. The van der Waals surface area contributed by atoms with Crippen molar-refractivity contribution in [1.29, 1.82) is 0 Å². The highest BCUT2D eigenvalue weighted by molar-refractivity contribution is 5.87. The zero-order valence-corrected chi connectivity index (χ0v) is 11.9. The molecule has 0 aromatic heterocycles. The Morgan fingerprint density at radius 3 is 2.84 bits per heavy atom. The summed E-state index contributed by atoms with van der Waals surface area (Å²) in [5.41, 5.74) is -0.434. The van der Waals surface area contributed by atoms with Crippen molar-refractivity contribution in [3.63, 3.8) is 0 Å². The Kier molecular flexibility index (Phi) is 4.45. The number of carbonyl (C=O) groups is 2. The topological polar surface area (TPSA) is 58.6 Å². The van der Waals surface area contributed by atoms with E-state index in [-0.39, 0.29) is 17.8 Å². The lowest BCUT2D eigenvalue weighted by molar-refractivity contribution is -0.152. The molecule has 2 aliphatic rings. The van der Waals surface area contributed by atoms with Crippen molar-refractivity contribution in [3.8, 4) is 0 Å². The number of piperidine rings is 1. The van der Waals surface area contributed by atoms with Crippen LogP contribution in [0.15, 0.2) is 0 Å². The Morgan fingerprint density at radius 1 is 1.42 bits per heavy atom. The van der Waals surface area contributed by atoms with E-state index in [0.717, 1.165) is 38.8 Å². The molecule has 0 aromatic rings. The summed E-state index contributed by atoms with van der Waals surface area (Å²) in [6.45, 7) is 6.35. The number of carbonyl (C=O) groups excluding carboxylic acids is 2. The Hall–Kier alpha value is -1.10. The molecule has 0 aromatic carbocycles. The van der Waals surface area contributed by atoms with Crippen LogP contribution in [0.25, 0.3) is 0 Å². The highest BCUT2D eigenvalue weighted by Gasteiger charge is 2.41. The lowest BCUT2D eigenvalue weighted by atomic mass is 9.93. The van der Waals surface area contributed by atoms with Gasteiger partial charge in [0.05, 0.1) is 18.1 Å². The van der Waals surface area contributed by atoms with Gasteiger partial charge < -0.3 is 15.0 Å². The number of rotatable bonds is 3. The van der Waals surface area contributed by atoms with Crippen molar-refractivity contribution in [2.24, 2.45) is 5.92 Å². The summed E-state index contributed by atoms with van der Waals surface area (Å²) >= 11 is 0. The number of hydrogen-bond donors (Lipinski definition) is 1. The van der Waals surface area contributed by atoms with Crippen LogP contribution < -0.4 is 5.32 Å². The molecular weight excluding hydrogens is 244 g/mol. The van der Waals surface area contributed by atoms with E-state index in [2.05, 4.69) is 5.32 Å². The lowest BCUT2D eigenvalue weighted by Crippen LogP contribution is -2.55. The first-order valence-corrected chi connectivity index (χ1v) is 7.28. The molecule has 5 heteroatoms. The van der Waals surface area contributed by atoms with Gasteiger partial charge in [-0.1, -0.05) is 0 Å². The van der Waals surface area contributed by atoms with Gasteiger partial charge in [-0.15, -0.1) is 0 Å². The molecule has 0 saturated carbocycles. The summed E-state index contributed by atoms with van der Waals surface area (Å²) in [5.74, 6) is -0.175. The predicted molar refractivity (Wildman–Crippen MR) is 71.6 cm³/mol. The molecule has 2 rings (SSSR count). The molecule has 108 valence electrons. The number of amides is 1. The SMILES string of the molecule is CCOC(=O)C1CCCN(C(=O)C2(C)CCCN2)C1. The molecule has 0 radical (unpaired) electrons. The molecule has 5 nitrogen and oxygen atoms in total. The monoisotopic (exact) mass is 268 g/mol. The quantitative estimate of drug-likeness (QED) is 0.774. The van der Waals surface area contributed by atoms with Gasteiger partial charge >= 0.3 is 5.97 Å². The Bertz CT molecular complexity index is 351. The first-order chi connectivity index (χ1) is 9.07. The molecule has 0 bridgehead atoms. The average Bonchev–Trinajstić information content (AvgIpc) is 2.86. The maximum absolute atomic E-state index is 12.6. The van der Waals surface area contributed by atoms with Gasteiger partial charge in [0.25, 0.3) is 0 Å². The minimum atomic E-state index is -0.434. The number of ether oxygens (including phenoxy) is 1. The van der Waals surface area contributed by atoms with Gasteiger partial charge in [0, 0.05) is 13.1 Å². The molecule has 2 aliphatic heterocycles. The fourth-order valence-electron chi connectivity index (χ4n) is 3.04. The van der Waals surface area contributed by atoms with E-state index in [1.807, 2.05) is 18.7 Å². The highest BCUT2D eigenvalue weighted by Crippen LogP contribution is 2.25. The van der Waals surface area contributed by atoms with Gasteiger partial charge in [0.15, 0.2) is 0 Å². The average molecular weight is 268 g/mol. The van der Waals surface area contributed by atoms with Crippen LogP contribution in [0, 0.1) is 5.92 Å². The fourth-order valence-corrected chi connectivity index (χ4v) is 3.04. The van der Waals surface area contributed by atoms with Crippen LogP contribution in [0.3, 0.4) is 0 Å². The van der Waals surface area contributed by atoms with Crippen LogP contribution in [-0.2, 0) is 14.3 Å². The van der Waals surface area contributed by atoms with E-state index < -0.39 is 5.54 Å². The molecule has 2 fully saturated rings. The van der Waals surface area contributed by atoms with Crippen LogP contribution in [0.1, 0.15) is 39.5 Å². The fraction of sp³-hybridized carbons (Fsp3) is 0.857. The Balaban J connectivity index is 1.97. The summed E-state index contributed by atoms with van der Waals surface area (Å²) in [6, 6.07) is 0. The third-order valence-electron chi connectivity index (χ3n) is 4.17. The number of nitrogens with one attached hydrogen (secondary N) is 1.